The Labute approximate surface area is 332 Å². The number of aromatic nitrogens is 1. The fourth-order valence-electron chi connectivity index (χ4n) is 8.93. The first kappa shape index (κ1) is 32.3. The van der Waals surface area contributed by atoms with Crippen LogP contribution in [0, 0.1) is 0 Å². The zero-order valence-corrected chi connectivity index (χ0v) is 31.5. The van der Waals surface area contributed by atoms with E-state index in [1.54, 1.807) is 0 Å². The Morgan fingerprint density at radius 2 is 1.23 bits per heavy atom. The monoisotopic (exact) mass is 750 g/mol. The van der Waals surface area contributed by atoms with Crippen LogP contribution in [0.1, 0.15) is 29.0 Å². The fraction of sp³-hybridized carbons (Fsp3) is 0.0392. The zero-order chi connectivity index (χ0) is 37.5. The average Bonchev–Trinajstić information content (AvgIpc) is 3.96. The number of amidine groups is 1. The Kier molecular flexibility index (Phi) is 7.24. The Morgan fingerprint density at radius 3 is 2.04 bits per heavy atom. The first-order valence-corrected chi connectivity index (χ1v) is 20.2. The molecule has 0 spiro atoms. The van der Waals surface area contributed by atoms with E-state index in [9.17, 15) is 0 Å². The van der Waals surface area contributed by atoms with Crippen molar-refractivity contribution in [3.63, 3.8) is 0 Å². The summed E-state index contributed by atoms with van der Waals surface area (Å²) in [6, 6.07) is 64.7. The van der Waals surface area contributed by atoms with E-state index in [0.717, 1.165) is 50.2 Å². The number of nitrogens with one attached hydrogen (secondary N) is 2. The SMILES string of the molecule is c1ccc(C2=NC(c3ccccc3)NC(c3cccc4c3sc3cccc(-c5cccc6c5oc5ccc(-n7c8ccccc8c8ccccc87)cc56)c34)N2)cc1. The first-order chi connectivity index (χ1) is 28.3. The predicted molar refractivity (Wildman–Crippen MR) is 238 cm³/mol. The van der Waals surface area contributed by atoms with Crippen LogP contribution in [-0.2, 0) is 0 Å². The topological polar surface area (TPSA) is 54.5 Å². The predicted octanol–water partition coefficient (Wildman–Crippen LogP) is 13.1. The van der Waals surface area contributed by atoms with Gasteiger partial charge in [0, 0.05) is 64.1 Å². The van der Waals surface area contributed by atoms with Crippen LogP contribution in [0.3, 0.4) is 0 Å². The zero-order valence-electron chi connectivity index (χ0n) is 30.7. The number of hydrogen-bond donors (Lipinski definition) is 2. The van der Waals surface area contributed by atoms with E-state index in [0.29, 0.717) is 0 Å². The van der Waals surface area contributed by atoms with Crippen LogP contribution in [0.2, 0.25) is 0 Å². The highest BCUT2D eigenvalue weighted by Crippen LogP contribution is 2.46. The van der Waals surface area contributed by atoms with Gasteiger partial charge in [0.05, 0.1) is 11.0 Å². The minimum Gasteiger partial charge on any atom is -0.455 e. The van der Waals surface area contributed by atoms with E-state index in [2.05, 4.69) is 191 Å². The second kappa shape index (κ2) is 12.8. The van der Waals surface area contributed by atoms with Crippen molar-refractivity contribution in [3.05, 3.63) is 199 Å². The average molecular weight is 751 g/mol. The molecule has 2 atom stereocenters. The van der Waals surface area contributed by atoms with Crippen molar-refractivity contribution in [1.82, 2.24) is 15.2 Å². The molecule has 0 bridgehead atoms. The van der Waals surface area contributed by atoms with Crippen molar-refractivity contribution in [2.24, 2.45) is 4.99 Å². The van der Waals surface area contributed by atoms with Gasteiger partial charge in [-0.3, -0.25) is 5.32 Å². The highest BCUT2D eigenvalue weighted by molar-refractivity contribution is 7.26. The number of para-hydroxylation sites is 3. The molecule has 12 rings (SSSR count). The van der Waals surface area contributed by atoms with Crippen molar-refractivity contribution in [2.45, 2.75) is 12.3 Å². The summed E-state index contributed by atoms with van der Waals surface area (Å²) >= 11 is 1.84. The summed E-state index contributed by atoms with van der Waals surface area (Å²) < 4.78 is 11.7. The van der Waals surface area contributed by atoms with Crippen LogP contribution in [0.25, 0.3) is 80.7 Å². The van der Waals surface area contributed by atoms with Gasteiger partial charge in [0.15, 0.2) is 0 Å². The van der Waals surface area contributed by atoms with E-state index in [1.807, 2.05) is 17.4 Å². The number of furan rings is 1. The molecule has 1 aliphatic rings. The van der Waals surface area contributed by atoms with Crippen LogP contribution in [0.15, 0.2) is 191 Å². The molecule has 6 heteroatoms. The molecule has 0 fully saturated rings. The Bertz CT molecular complexity index is 3320. The van der Waals surface area contributed by atoms with Gasteiger partial charge in [0.2, 0.25) is 0 Å². The van der Waals surface area contributed by atoms with Crippen molar-refractivity contribution < 1.29 is 4.42 Å². The molecule has 270 valence electrons. The number of fused-ring (bicyclic) bond motifs is 9. The Morgan fingerprint density at radius 1 is 0.561 bits per heavy atom. The third kappa shape index (κ3) is 5.08. The van der Waals surface area contributed by atoms with Gasteiger partial charge < -0.3 is 14.3 Å². The van der Waals surface area contributed by atoms with Crippen molar-refractivity contribution >= 4 is 81.1 Å². The number of nitrogens with zero attached hydrogens (tertiary/aromatic N) is 2. The standard InChI is InChI=1S/C51H34N4OS/c1-3-14-31(15-4-1)49-52-50(32-16-5-2-6-17-32)54-51(53-49)40-24-12-23-39-46-36(20-13-27-45(46)57-48(39)40)37-21-11-22-38-41-30-33(28-29-44(41)56-47(37)38)55-42-25-9-7-18-34(42)35-19-8-10-26-43(35)55/h1-30,49,51,53H,(H,52,54). The largest absolute Gasteiger partial charge is 0.455 e. The molecule has 4 heterocycles. The summed E-state index contributed by atoms with van der Waals surface area (Å²) in [6.07, 6.45) is -0.361. The van der Waals surface area contributed by atoms with Crippen LogP contribution in [-0.4, -0.2) is 10.4 Å². The van der Waals surface area contributed by atoms with Gasteiger partial charge in [-0.25, -0.2) is 4.99 Å². The molecule has 0 amide bonds. The van der Waals surface area contributed by atoms with E-state index in [1.165, 1.54) is 53.1 Å². The fourth-order valence-corrected chi connectivity index (χ4v) is 10.2. The molecule has 0 saturated carbocycles. The molecule has 0 aliphatic carbocycles. The van der Waals surface area contributed by atoms with Gasteiger partial charge in [-0.05, 0) is 47.5 Å². The van der Waals surface area contributed by atoms with E-state index in [-0.39, 0.29) is 12.3 Å². The number of benzene rings is 8. The Hall–Kier alpha value is -6.99. The normalized spacial score (nSPS) is 15.9. The van der Waals surface area contributed by atoms with Crippen molar-refractivity contribution in [1.29, 1.82) is 0 Å². The molecule has 3 aromatic heterocycles. The van der Waals surface area contributed by atoms with Crippen molar-refractivity contribution in [3.8, 4) is 16.8 Å². The highest BCUT2D eigenvalue weighted by Gasteiger charge is 2.28. The molecule has 5 nitrogen and oxygen atoms in total. The van der Waals surface area contributed by atoms with Gasteiger partial charge in [-0.15, -0.1) is 11.3 Å². The molecule has 2 unspecified atom stereocenters. The molecule has 8 aromatic carbocycles. The van der Waals surface area contributed by atoms with Gasteiger partial charge in [-0.1, -0.05) is 146 Å². The molecular weight excluding hydrogens is 717 g/mol. The third-order valence-electron chi connectivity index (χ3n) is 11.5. The first-order valence-electron chi connectivity index (χ1n) is 19.4. The maximum absolute atomic E-state index is 6.81. The minimum atomic E-state index is -0.200. The molecule has 57 heavy (non-hydrogen) atoms. The van der Waals surface area contributed by atoms with Crippen molar-refractivity contribution in [2.75, 3.05) is 0 Å². The number of thiophene rings is 1. The lowest BCUT2D eigenvalue weighted by Crippen LogP contribution is -2.45. The molecule has 11 aromatic rings. The van der Waals surface area contributed by atoms with Gasteiger partial charge in [0.25, 0.3) is 0 Å². The number of rotatable bonds is 5. The second-order valence-corrected chi connectivity index (χ2v) is 15.8. The lowest BCUT2D eigenvalue weighted by molar-refractivity contribution is 0.411. The highest BCUT2D eigenvalue weighted by atomic mass is 32.1. The summed E-state index contributed by atoms with van der Waals surface area (Å²) in [7, 11) is 0. The molecule has 0 saturated heterocycles. The summed E-state index contributed by atoms with van der Waals surface area (Å²) in [5, 5.41) is 14.8. The summed E-state index contributed by atoms with van der Waals surface area (Å²) in [6.45, 7) is 0. The van der Waals surface area contributed by atoms with Gasteiger partial charge in [0.1, 0.15) is 29.3 Å². The lowest BCUT2D eigenvalue weighted by Gasteiger charge is -2.32. The summed E-state index contributed by atoms with van der Waals surface area (Å²) in [5.41, 5.74) is 10.9. The lowest BCUT2D eigenvalue weighted by atomic mass is 9.96. The van der Waals surface area contributed by atoms with E-state index < -0.39 is 0 Å². The summed E-state index contributed by atoms with van der Waals surface area (Å²) in [4.78, 5) is 5.15. The molecule has 0 radical (unpaired) electrons. The van der Waals surface area contributed by atoms with Crippen LogP contribution < -0.4 is 10.6 Å². The third-order valence-corrected chi connectivity index (χ3v) is 12.7. The quantitative estimate of drug-likeness (QED) is 0.184. The van der Waals surface area contributed by atoms with Gasteiger partial charge in [-0.2, -0.15) is 0 Å². The van der Waals surface area contributed by atoms with Crippen LogP contribution in [0.5, 0.6) is 0 Å². The molecule has 1 aliphatic heterocycles. The molecular formula is C51H34N4OS. The van der Waals surface area contributed by atoms with E-state index >= 15 is 0 Å². The number of hydrogen-bond acceptors (Lipinski definition) is 5. The smallest absolute Gasteiger partial charge is 0.143 e. The summed E-state index contributed by atoms with van der Waals surface area (Å²) in [5.74, 6) is 0.880. The number of aliphatic imine (C=N–C) groups is 1. The van der Waals surface area contributed by atoms with E-state index in [4.69, 9.17) is 9.41 Å². The van der Waals surface area contributed by atoms with Crippen LogP contribution >= 0.6 is 11.3 Å². The minimum absolute atomic E-state index is 0.161. The maximum Gasteiger partial charge on any atom is 0.143 e. The van der Waals surface area contributed by atoms with Crippen LogP contribution in [0.4, 0.5) is 0 Å². The maximum atomic E-state index is 6.81. The second-order valence-electron chi connectivity index (χ2n) is 14.7. The molecule has 2 N–H and O–H groups in total. The Balaban J connectivity index is 0.998. The van der Waals surface area contributed by atoms with Gasteiger partial charge >= 0.3 is 0 Å².